The number of aromatic amines is 1. The van der Waals surface area contributed by atoms with E-state index in [-0.39, 0.29) is 0 Å². The van der Waals surface area contributed by atoms with Crippen molar-refractivity contribution in [3.8, 4) is 11.3 Å². The molecule has 1 heteroatoms. The summed E-state index contributed by atoms with van der Waals surface area (Å²) in [7, 11) is 0. The number of hydrogen-bond acceptors (Lipinski definition) is 0. The summed E-state index contributed by atoms with van der Waals surface area (Å²) >= 11 is 0. The summed E-state index contributed by atoms with van der Waals surface area (Å²) in [6.07, 6.45) is 3.09. The minimum Gasteiger partial charge on any atom is -0.361 e. The number of hydrogen-bond donors (Lipinski definition) is 1. The van der Waals surface area contributed by atoms with Crippen LogP contribution in [-0.2, 0) is 6.42 Å². The molecule has 0 saturated carbocycles. The van der Waals surface area contributed by atoms with Crippen molar-refractivity contribution in [1.29, 1.82) is 0 Å². The van der Waals surface area contributed by atoms with Crippen LogP contribution in [0.1, 0.15) is 31.9 Å². The third-order valence-corrected chi connectivity index (χ3v) is 2.91. The molecule has 17 heavy (non-hydrogen) atoms. The summed E-state index contributed by atoms with van der Waals surface area (Å²) in [5, 5.41) is 0. The van der Waals surface area contributed by atoms with Crippen LogP contribution in [0.3, 0.4) is 0 Å². The van der Waals surface area contributed by atoms with Crippen LogP contribution < -0.4 is 0 Å². The van der Waals surface area contributed by atoms with Gasteiger partial charge in [-0.15, -0.1) is 0 Å². The lowest BCUT2D eigenvalue weighted by Gasteiger charge is -2.19. The van der Waals surface area contributed by atoms with E-state index in [4.69, 9.17) is 0 Å². The molecule has 0 amide bonds. The van der Waals surface area contributed by atoms with Crippen LogP contribution in [0.4, 0.5) is 0 Å². The highest BCUT2D eigenvalue weighted by molar-refractivity contribution is 5.64. The second-order valence-corrected chi connectivity index (χ2v) is 5.97. The maximum atomic E-state index is 3.26. The number of nitrogens with one attached hydrogen (secondary N) is 1. The molecule has 0 saturated heterocycles. The maximum Gasteiger partial charge on any atom is 0.0456 e. The first-order chi connectivity index (χ1) is 7.96. The fourth-order valence-electron chi connectivity index (χ4n) is 2.25. The number of H-pyrrole nitrogens is 1. The van der Waals surface area contributed by atoms with Gasteiger partial charge >= 0.3 is 0 Å². The fourth-order valence-corrected chi connectivity index (χ4v) is 2.25. The van der Waals surface area contributed by atoms with Gasteiger partial charge < -0.3 is 4.98 Å². The molecule has 0 aliphatic carbocycles. The molecule has 90 valence electrons. The molecule has 1 aromatic heterocycles. The van der Waals surface area contributed by atoms with Gasteiger partial charge in [0.05, 0.1) is 0 Å². The Kier molecular flexibility index (Phi) is 3.10. The van der Waals surface area contributed by atoms with E-state index in [1.165, 1.54) is 22.4 Å². The van der Waals surface area contributed by atoms with E-state index in [2.05, 4.69) is 56.9 Å². The van der Waals surface area contributed by atoms with E-state index < -0.39 is 0 Å². The molecule has 1 N–H and O–H groups in total. The van der Waals surface area contributed by atoms with Crippen LogP contribution in [0.5, 0.6) is 0 Å². The second kappa shape index (κ2) is 4.40. The molecule has 0 unspecified atom stereocenters. The molecule has 1 aromatic carbocycles. The Labute approximate surface area is 104 Å². The lowest BCUT2D eigenvalue weighted by molar-refractivity contribution is 0.411. The molecule has 0 atom stereocenters. The summed E-state index contributed by atoms with van der Waals surface area (Å²) in [5.41, 5.74) is 5.61. The molecule has 1 nitrogen and oxygen atoms in total. The Balaban J connectivity index is 2.30. The predicted molar refractivity (Wildman–Crippen MR) is 74.1 cm³/mol. The van der Waals surface area contributed by atoms with Gasteiger partial charge in [0.15, 0.2) is 0 Å². The van der Waals surface area contributed by atoms with Gasteiger partial charge in [0.1, 0.15) is 0 Å². The van der Waals surface area contributed by atoms with E-state index in [1.54, 1.807) is 0 Å². The minimum absolute atomic E-state index is 0.348. The van der Waals surface area contributed by atoms with E-state index >= 15 is 0 Å². The zero-order chi connectivity index (χ0) is 12.5. The summed E-state index contributed by atoms with van der Waals surface area (Å²) in [4.78, 5) is 3.26. The zero-order valence-electron chi connectivity index (χ0n) is 11.2. The second-order valence-electron chi connectivity index (χ2n) is 5.97. The Bertz CT molecular complexity index is 487. The van der Waals surface area contributed by atoms with Gasteiger partial charge in [0.25, 0.3) is 0 Å². The standard InChI is InChI=1S/C16H21N/c1-12-10-13(11-16(2,3)4)7-8-14(12)15-6-5-9-17-15/h5-10,17H,11H2,1-4H3. The Morgan fingerprint density at radius 1 is 1.12 bits per heavy atom. The summed E-state index contributed by atoms with van der Waals surface area (Å²) in [5.74, 6) is 0. The van der Waals surface area contributed by atoms with Gasteiger partial charge in [-0.1, -0.05) is 39.0 Å². The van der Waals surface area contributed by atoms with Crippen LogP contribution in [0.2, 0.25) is 0 Å². The van der Waals surface area contributed by atoms with Gasteiger partial charge in [-0.2, -0.15) is 0 Å². The van der Waals surface area contributed by atoms with Crippen molar-refractivity contribution in [2.45, 2.75) is 34.1 Å². The first kappa shape index (κ1) is 12.0. The summed E-state index contributed by atoms with van der Waals surface area (Å²) in [6.45, 7) is 9.02. The van der Waals surface area contributed by atoms with Crippen molar-refractivity contribution in [3.63, 3.8) is 0 Å². The average Bonchev–Trinajstić information content (AvgIpc) is 2.68. The van der Waals surface area contributed by atoms with Crippen molar-refractivity contribution in [1.82, 2.24) is 4.98 Å². The molecule has 0 aliphatic rings. The van der Waals surface area contributed by atoms with Crippen molar-refractivity contribution in [2.24, 2.45) is 5.41 Å². The smallest absolute Gasteiger partial charge is 0.0456 e. The van der Waals surface area contributed by atoms with Crippen molar-refractivity contribution >= 4 is 0 Å². The molecule has 0 radical (unpaired) electrons. The Hall–Kier alpha value is -1.50. The first-order valence-corrected chi connectivity index (χ1v) is 6.19. The fraction of sp³-hybridized carbons (Fsp3) is 0.375. The van der Waals surface area contributed by atoms with Gasteiger partial charge in [-0.05, 0) is 42.0 Å². The van der Waals surface area contributed by atoms with Crippen LogP contribution in [0.15, 0.2) is 36.5 Å². The van der Waals surface area contributed by atoms with Crippen LogP contribution in [-0.4, -0.2) is 4.98 Å². The monoisotopic (exact) mass is 227 g/mol. The molecule has 2 aromatic rings. The minimum atomic E-state index is 0.348. The van der Waals surface area contributed by atoms with E-state index in [1.807, 2.05) is 12.3 Å². The Morgan fingerprint density at radius 2 is 1.88 bits per heavy atom. The van der Waals surface area contributed by atoms with Crippen molar-refractivity contribution in [3.05, 3.63) is 47.7 Å². The SMILES string of the molecule is Cc1cc(CC(C)(C)C)ccc1-c1ccc[nH]1. The maximum absolute atomic E-state index is 3.26. The number of aryl methyl sites for hydroxylation is 1. The molecular formula is C16H21N. The zero-order valence-corrected chi connectivity index (χ0v) is 11.2. The van der Waals surface area contributed by atoms with Crippen LogP contribution >= 0.6 is 0 Å². The van der Waals surface area contributed by atoms with Gasteiger partial charge in [-0.25, -0.2) is 0 Å². The highest BCUT2D eigenvalue weighted by Gasteiger charge is 2.12. The van der Waals surface area contributed by atoms with E-state index in [9.17, 15) is 0 Å². The highest BCUT2D eigenvalue weighted by atomic mass is 14.7. The normalized spacial score (nSPS) is 11.8. The van der Waals surface area contributed by atoms with Crippen LogP contribution in [0, 0.1) is 12.3 Å². The first-order valence-electron chi connectivity index (χ1n) is 6.19. The topological polar surface area (TPSA) is 15.8 Å². The van der Waals surface area contributed by atoms with Gasteiger partial charge in [-0.3, -0.25) is 0 Å². The molecule has 0 fully saturated rings. The van der Waals surface area contributed by atoms with Crippen molar-refractivity contribution < 1.29 is 0 Å². The quantitative estimate of drug-likeness (QED) is 0.773. The molecule has 0 spiro atoms. The molecule has 0 aliphatic heterocycles. The molecule has 0 bridgehead atoms. The van der Waals surface area contributed by atoms with Crippen LogP contribution in [0.25, 0.3) is 11.3 Å². The average molecular weight is 227 g/mol. The third kappa shape index (κ3) is 3.00. The highest BCUT2D eigenvalue weighted by Crippen LogP contribution is 2.26. The lowest BCUT2D eigenvalue weighted by Crippen LogP contribution is -2.09. The molecule has 1 heterocycles. The number of benzene rings is 1. The molecular weight excluding hydrogens is 206 g/mol. The number of aromatic nitrogens is 1. The Morgan fingerprint density at radius 3 is 2.41 bits per heavy atom. The number of rotatable bonds is 2. The van der Waals surface area contributed by atoms with Gasteiger partial charge in [0, 0.05) is 17.5 Å². The largest absolute Gasteiger partial charge is 0.361 e. The third-order valence-electron chi connectivity index (χ3n) is 2.91. The van der Waals surface area contributed by atoms with E-state index in [0.29, 0.717) is 5.41 Å². The van der Waals surface area contributed by atoms with E-state index in [0.717, 1.165) is 6.42 Å². The predicted octanol–water partition coefficient (Wildman–Crippen LogP) is 4.58. The molecule has 2 rings (SSSR count). The van der Waals surface area contributed by atoms with Gasteiger partial charge in [0.2, 0.25) is 0 Å². The summed E-state index contributed by atoms with van der Waals surface area (Å²) in [6, 6.07) is 10.9. The van der Waals surface area contributed by atoms with Crippen molar-refractivity contribution in [2.75, 3.05) is 0 Å². The lowest BCUT2D eigenvalue weighted by atomic mass is 9.87. The summed E-state index contributed by atoms with van der Waals surface area (Å²) < 4.78 is 0.